The summed E-state index contributed by atoms with van der Waals surface area (Å²) >= 11 is 0. The van der Waals surface area contributed by atoms with Crippen molar-refractivity contribution in [2.75, 3.05) is 0 Å². The Morgan fingerprint density at radius 2 is 1.00 bits per heavy atom. The third kappa shape index (κ3) is 3.93. The average Bonchev–Trinajstić information content (AvgIpc) is 3.33. The molecule has 0 heteroatoms. The molecule has 0 radical (unpaired) electrons. The summed E-state index contributed by atoms with van der Waals surface area (Å²) in [7, 11) is 0. The lowest BCUT2D eigenvalue weighted by molar-refractivity contribution is 0.660. The van der Waals surface area contributed by atoms with Gasteiger partial charge >= 0.3 is 0 Å². The second-order valence-electron chi connectivity index (χ2n) is 13.4. The van der Waals surface area contributed by atoms with Gasteiger partial charge in [0.1, 0.15) is 0 Å². The van der Waals surface area contributed by atoms with Crippen molar-refractivity contribution in [2.24, 2.45) is 0 Å². The van der Waals surface area contributed by atoms with Crippen LogP contribution in [-0.2, 0) is 5.41 Å². The highest BCUT2D eigenvalue weighted by Gasteiger charge is 2.37. The van der Waals surface area contributed by atoms with Crippen molar-refractivity contribution in [2.45, 2.75) is 26.2 Å². The Bertz CT molecular complexity index is 2510. The highest BCUT2D eigenvalue weighted by molar-refractivity contribution is 6.23. The minimum Gasteiger partial charge on any atom is -0.0619 e. The van der Waals surface area contributed by atoms with Crippen LogP contribution < -0.4 is 0 Å². The number of hydrogen-bond acceptors (Lipinski definition) is 0. The summed E-state index contributed by atoms with van der Waals surface area (Å²) in [6.45, 7) is 6.95. The Balaban J connectivity index is 1.34. The third-order valence-corrected chi connectivity index (χ3v) is 10.3. The lowest BCUT2D eigenvalue weighted by Gasteiger charge is -2.23. The summed E-state index contributed by atoms with van der Waals surface area (Å²) in [4.78, 5) is 0. The van der Waals surface area contributed by atoms with E-state index >= 15 is 0 Å². The molecule has 9 rings (SSSR count). The molecule has 218 valence electrons. The molecule has 0 spiro atoms. The molecule has 0 N–H and O–H groups in total. The predicted molar refractivity (Wildman–Crippen MR) is 198 cm³/mol. The monoisotopic (exact) mass is 586 g/mol. The Morgan fingerprint density at radius 3 is 1.87 bits per heavy atom. The molecule has 8 aromatic carbocycles. The lowest BCUT2D eigenvalue weighted by Crippen LogP contribution is -2.14. The van der Waals surface area contributed by atoms with Gasteiger partial charge in [0, 0.05) is 5.41 Å². The van der Waals surface area contributed by atoms with Gasteiger partial charge < -0.3 is 0 Å². The van der Waals surface area contributed by atoms with E-state index in [2.05, 4.69) is 172 Å². The number of hydrogen-bond donors (Lipinski definition) is 0. The van der Waals surface area contributed by atoms with Gasteiger partial charge in [0.15, 0.2) is 0 Å². The van der Waals surface area contributed by atoms with Gasteiger partial charge in [0.25, 0.3) is 0 Å². The van der Waals surface area contributed by atoms with Gasteiger partial charge in [-0.25, -0.2) is 0 Å². The Kier molecular flexibility index (Phi) is 5.86. The highest BCUT2D eigenvalue weighted by Crippen LogP contribution is 2.54. The molecule has 8 aromatic rings. The molecule has 0 saturated carbocycles. The predicted octanol–water partition coefficient (Wildman–Crippen LogP) is 12.8. The second kappa shape index (κ2) is 10.0. The van der Waals surface area contributed by atoms with Crippen LogP contribution in [0.25, 0.3) is 76.8 Å². The van der Waals surface area contributed by atoms with Gasteiger partial charge in [-0.1, -0.05) is 159 Å². The molecular weight excluding hydrogens is 553 g/mol. The Hall–Kier alpha value is -5.46. The van der Waals surface area contributed by atoms with Crippen molar-refractivity contribution in [3.8, 4) is 44.5 Å². The first-order valence-corrected chi connectivity index (χ1v) is 16.3. The Morgan fingerprint density at radius 1 is 0.370 bits per heavy atom. The van der Waals surface area contributed by atoms with Crippen molar-refractivity contribution >= 4 is 32.3 Å². The van der Waals surface area contributed by atoms with Gasteiger partial charge in [-0.3, -0.25) is 0 Å². The number of aryl methyl sites for hydroxylation is 1. The van der Waals surface area contributed by atoms with E-state index in [0.29, 0.717) is 0 Å². The number of rotatable bonds is 3. The zero-order chi connectivity index (χ0) is 31.0. The van der Waals surface area contributed by atoms with Crippen molar-refractivity contribution < 1.29 is 0 Å². The van der Waals surface area contributed by atoms with E-state index in [0.717, 1.165) is 0 Å². The van der Waals surface area contributed by atoms with Crippen molar-refractivity contribution in [1.29, 1.82) is 0 Å². The fraction of sp³-hybridized carbons (Fsp3) is 0.0870. The zero-order valence-electron chi connectivity index (χ0n) is 26.4. The van der Waals surface area contributed by atoms with Crippen LogP contribution in [0.3, 0.4) is 0 Å². The smallest absolute Gasteiger partial charge is 0.0159 e. The van der Waals surface area contributed by atoms with Crippen LogP contribution in [-0.4, -0.2) is 0 Å². The minimum absolute atomic E-state index is 0.0490. The first kappa shape index (κ1) is 26.9. The molecular formula is C46H34. The van der Waals surface area contributed by atoms with Crippen LogP contribution in [0.15, 0.2) is 152 Å². The average molecular weight is 587 g/mol. The quantitative estimate of drug-likeness (QED) is 0.181. The van der Waals surface area contributed by atoms with Gasteiger partial charge in [-0.05, 0) is 107 Å². The molecule has 0 amide bonds. The fourth-order valence-electron chi connectivity index (χ4n) is 8.08. The minimum atomic E-state index is -0.0490. The molecule has 46 heavy (non-hydrogen) atoms. The second-order valence-corrected chi connectivity index (χ2v) is 13.4. The molecule has 0 fully saturated rings. The van der Waals surface area contributed by atoms with Crippen LogP contribution in [0.5, 0.6) is 0 Å². The number of benzene rings is 8. The lowest BCUT2D eigenvalue weighted by atomic mass is 9.80. The first-order valence-electron chi connectivity index (χ1n) is 16.3. The van der Waals surface area contributed by atoms with Crippen molar-refractivity contribution in [3.63, 3.8) is 0 Å². The maximum absolute atomic E-state index is 2.40. The largest absolute Gasteiger partial charge is 0.0619 e. The summed E-state index contributed by atoms with van der Waals surface area (Å²) in [5.41, 5.74) is 14.4. The molecule has 0 bridgehead atoms. The maximum Gasteiger partial charge on any atom is 0.0159 e. The molecule has 1 aliphatic rings. The summed E-state index contributed by atoms with van der Waals surface area (Å²) in [5.74, 6) is 0. The standard InChI is InChI=1S/C46H34/c1-29-22-25-37-40(26-29)44(39-19-11-21-42-45(39)38-18-8-9-20-41(38)46(42,2)3)36-17-7-6-16-35(36)43(37)34-15-10-14-32(28-34)33-24-23-30-12-4-5-13-31(30)27-33/h4-28H,1-3H3. The van der Waals surface area contributed by atoms with Gasteiger partial charge in [-0.15, -0.1) is 0 Å². The third-order valence-electron chi connectivity index (χ3n) is 10.3. The molecule has 0 heterocycles. The summed E-state index contributed by atoms with van der Waals surface area (Å²) in [6.07, 6.45) is 0. The molecule has 0 aromatic heterocycles. The van der Waals surface area contributed by atoms with Gasteiger partial charge in [0.05, 0.1) is 0 Å². The van der Waals surface area contributed by atoms with Crippen molar-refractivity contribution in [3.05, 3.63) is 168 Å². The van der Waals surface area contributed by atoms with Gasteiger partial charge in [0.2, 0.25) is 0 Å². The van der Waals surface area contributed by atoms with E-state index in [1.807, 2.05) is 0 Å². The highest BCUT2D eigenvalue weighted by atomic mass is 14.4. The van der Waals surface area contributed by atoms with Crippen LogP contribution in [0.4, 0.5) is 0 Å². The van der Waals surface area contributed by atoms with E-state index in [1.54, 1.807) is 0 Å². The number of fused-ring (bicyclic) bond motifs is 6. The van der Waals surface area contributed by atoms with Crippen molar-refractivity contribution in [1.82, 2.24) is 0 Å². The zero-order valence-corrected chi connectivity index (χ0v) is 26.4. The topological polar surface area (TPSA) is 0 Å². The van der Waals surface area contributed by atoms with Crippen LogP contribution in [0.1, 0.15) is 30.5 Å². The van der Waals surface area contributed by atoms with E-state index in [-0.39, 0.29) is 5.41 Å². The van der Waals surface area contributed by atoms with E-state index in [9.17, 15) is 0 Å². The van der Waals surface area contributed by atoms with E-state index in [1.165, 1.54) is 93.5 Å². The molecule has 0 aliphatic heterocycles. The summed E-state index contributed by atoms with van der Waals surface area (Å²) in [6, 6.07) is 56.5. The molecule has 0 saturated heterocycles. The normalized spacial score (nSPS) is 13.3. The fourth-order valence-corrected chi connectivity index (χ4v) is 8.08. The molecule has 1 aliphatic carbocycles. The van der Waals surface area contributed by atoms with Crippen LogP contribution in [0.2, 0.25) is 0 Å². The van der Waals surface area contributed by atoms with Crippen LogP contribution >= 0.6 is 0 Å². The summed E-state index contributed by atoms with van der Waals surface area (Å²) < 4.78 is 0. The molecule has 0 unspecified atom stereocenters. The molecule has 0 nitrogen and oxygen atoms in total. The van der Waals surface area contributed by atoms with Crippen LogP contribution in [0, 0.1) is 6.92 Å². The maximum atomic E-state index is 2.40. The molecule has 0 atom stereocenters. The van der Waals surface area contributed by atoms with E-state index in [4.69, 9.17) is 0 Å². The Labute approximate surface area is 270 Å². The van der Waals surface area contributed by atoms with Gasteiger partial charge in [-0.2, -0.15) is 0 Å². The van der Waals surface area contributed by atoms with E-state index < -0.39 is 0 Å². The summed E-state index contributed by atoms with van der Waals surface area (Å²) in [5, 5.41) is 7.71. The first-order chi connectivity index (χ1) is 22.5. The SMILES string of the molecule is Cc1ccc2c(-c3cccc(-c4ccc5ccccc5c4)c3)c3ccccc3c(-c3cccc4c3-c3ccccc3C4(C)C)c2c1.